The molecule has 2 fully saturated rings. The topological polar surface area (TPSA) is 85.7 Å². The lowest BCUT2D eigenvalue weighted by atomic mass is 9.88. The third kappa shape index (κ3) is 5.82. The highest BCUT2D eigenvalue weighted by Crippen LogP contribution is 2.41. The molecule has 0 radical (unpaired) electrons. The van der Waals surface area contributed by atoms with Crippen molar-refractivity contribution < 1.29 is 23.5 Å². The summed E-state index contributed by atoms with van der Waals surface area (Å²) in [6, 6.07) is 8.69. The number of likely N-dealkylation sites (tertiary alicyclic amines) is 1. The Labute approximate surface area is 242 Å². The second kappa shape index (κ2) is 11.4. The minimum absolute atomic E-state index is 0.0532. The van der Waals surface area contributed by atoms with Crippen LogP contribution in [-0.4, -0.2) is 52.3 Å². The number of halogens is 2. The zero-order valence-corrected chi connectivity index (χ0v) is 25.0. The maximum absolute atomic E-state index is 14.6. The quantitative estimate of drug-likeness (QED) is 0.323. The van der Waals surface area contributed by atoms with Gasteiger partial charge in [-0.3, -0.25) is 10.1 Å². The fraction of sp³-hybridized carbons (Fsp3) is 0.500. The summed E-state index contributed by atoms with van der Waals surface area (Å²) in [4.78, 5) is 32.4. The van der Waals surface area contributed by atoms with Crippen LogP contribution in [0.5, 0.6) is 5.75 Å². The Morgan fingerprint density at radius 3 is 2.42 bits per heavy atom. The summed E-state index contributed by atoms with van der Waals surface area (Å²) < 4.78 is 28.4. The Morgan fingerprint density at radius 2 is 1.80 bits per heavy atom. The molecule has 2 aromatic carbocycles. The first kappa shape index (κ1) is 28.4. The number of carbonyl (C=O) groups is 2. The van der Waals surface area contributed by atoms with Gasteiger partial charge in [-0.05, 0) is 92.1 Å². The normalized spacial score (nSPS) is 16.9. The average Bonchev–Trinajstić information content (AvgIpc) is 3.54. The van der Waals surface area contributed by atoms with Crippen molar-refractivity contribution in [3.05, 3.63) is 51.7 Å². The second-order valence-electron chi connectivity index (χ2n) is 11.6. The summed E-state index contributed by atoms with van der Waals surface area (Å²) in [6.45, 7) is 6.81. The van der Waals surface area contributed by atoms with Crippen LogP contribution < -0.4 is 10.1 Å². The van der Waals surface area contributed by atoms with Gasteiger partial charge in [0, 0.05) is 29.7 Å². The fourth-order valence-electron chi connectivity index (χ4n) is 5.83. The maximum atomic E-state index is 14.6. The molecule has 1 N–H and O–H groups in total. The Morgan fingerprint density at radius 1 is 1.10 bits per heavy atom. The van der Waals surface area contributed by atoms with Crippen LogP contribution in [0.15, 0.2) is 34.8 Å². The van der Waals surface area contributed by atoms with Gasteiger partial charge in [0.15, 0.2) is 0 Å². The van der Waals surface area contributed by atoms with Gasteiger partial charge in [-0.1, -0.05) is 18.9 Å². The molecule has 0 bridgehead atoms. The van der Waals surface area contributed by atoms with Gasteiger partial charge < -0.3 is 18.9 Å². The Hall–Kier alpha value is -3.14. The highest BCUT2D eigenvalue weighted by atomic mass is 79.9. The first-order valence-electron chi connectivity index (χ1n) is 13.9. The van der Waals surface area contributed by atoms with Crippen LogP contribution in [0.25, 0.3) is 11.0 Å². The number of anilines is 1. The summed E-state index contributed by atoms with van der Waals surface area (Å²) in [7, 11) is 1.65. The molecular weight excluding hydrogens is 579 g/mol. The van der Waals surface area contributed by atoms with Crippen LogP contribution in [-0.2, 0) is 4.74 Å². The molecule has 0 atom stereocenters. The molecule has 40 heavy (non-hydrogen) atoms. The van der Waals surface area contributed by atoms with Gasteiger partial charge >= 0.3 is 6.09 Å². The molecule has 5 rings (SSSR count). The molecule has 1 aliphatic heterocycles. The summed E-state index contributed by atoms with van der Waals surface area (Å²) in [5.74, 6) is 0.172. The van der Waals surface area contributed by atoms with Crippen LogP contribution in [0.1, 0.15) is 87.2 Å². The van der Waals surface area contributed by atoms with E-state index < -0.39 is 17.3 Å². The number of hydrogen-bond donors (Lipinski definition) is 1. The van der Waals surface area contributed by atoms with Crippen molar-refractivity contribution in [1.29, 1.82) is 0 Å². The predicted octanol–water partition coefficient (Wildman–Crippen LogP) is 7.43. The zero-order chi connectivity index (χ0) is 28.6. The SMILES string of the molecule is COc1cc2nc(NC(=O)c3c(F)cccc3Br)n(C3CCCC3)c2cc1C1CCN(C(=O)OC(C)(C)C)CC1. The largest absolute Gasteiger partial charge is 0.496 e. The number of piperidine rings is 1. The van der Waals surface area contributed by atoms with Gasteiger partial charge in [-0.2, -0.15) is 0 Å². The molecule has 2 heterocycles. The number of nitrogens with zero attached hydrogens (tertiary/aromatic N) is 3. The molecule has 214 valence electrons. The molecule has 10 heteroatoms. The molecule has 2 amide bonds. The number of nitrogens with one attached hydrogen (secondary N) is 1. The number of carbonyl (C=O) groups excluding carboxylic acids is 2. The van der Waals surface area contributed by atoms with Crippen molar-refractivity contribution in [1.82, 2.24) is 14.5 Å². The third-order valence-corrected chi connectivity index (χ3v) is 8.39. The van der Waals surface area contributed by atoms with Crippen LogP contribution in [0.4, 0.5) is 15.1 Å². The number of aromatic nitrogens is 2. The van der Waals surface area contributed by atoms with Gasteiger partial charge in [0.1, 0.15) is 17.2 Å². The van der Waals surface area contributed by atoms with Gasteiger partial charge in [-0.25, -0.2) is 14.2 Å². The number of fused-ring (bicyclic) bond motifs is 1. The summed E-state index contributed by atoms with van der Waals surface area (Å²) in [5.41, 5.74) is 2.10. The molecule has 8 nitrogen and oxygen atoms in total. The molecule has 1 aliphatic carbocycles. The first-order chi connectivity index (χ1) is 19.1. The van der Waals surface area contributed by atoms with Crippen LogP contribution >= 0.6 is 15.9 Å². The number of imidazole rings is 1. The number of hydrogen-bond acceptors (Lipinski definition) is 5. The van der Waals surface area contributed by atoms with E-state index in [1.807, 2.05) is 26.8 Å². The van der Waals surface area contributed by atoms with E-state index in [2.05, 4.69) is 31.9 Å². The highest BCUT2D eigenvalue weighted by Gasteiger charge is 2.31. The fourth-order valence-corrected chi connectivity index (χ4v) is 6.35. The van der Waals surface area contributed by atoms with Gasteiger partial charge in [0.25, 0.3) is 5.91 Å². The highest BCUT2D eigenvalue weighted by molar-refractivity contribution is 9.10. The number of rotatable bonds is 5. The lowest BCUT2D eigenvalue weighted by Crippen LogP contribution is -2.41. The van der Waals surface area contributed by atoms with Crippen LogP contribution in [0.3, 0.4) is 0 Å². The molecular formula is C30H36BrFN4O4. The molecule has 1 aromatic heterocycles. The van der Waals surface area contributed by atoms with E-state index in [0.717, 1.165) is 55.4 Å². The number of amides is 2. The standard InChI is InChI=1S/C30H36BrFN4O4/c1-30(2,3)40-29(38)35-14-12-18(13-15-35)20-16-24-23(17-25(20)39-4)33-28(36(24)19-8-5-6-9-19)34-27(37)26-21(31)10-7-11-22(26)32/h7,10-11,16-19H,5-6,8-9,12-15H2,1-4H3,(H,33,34,37). The average molecular weight is 616 g/mol. The van der Waals surface area contributed by atoms with Crippen molar-refractivity contribution in [3.8, 4) is 5.75 Å². The van der Waals surface area contributed by atoms with Gasteiger partial charge in [0.2, 0.25) is 5.95 Å². The number of methoxy groups -OCH3 is 1. The minimum atomic E-state index is -0.600. The predicted molar refractivity (Wildman–Crippen MR) is 156 cm³/mol. The van der Waals surface area contributed by atoms with E-state index in [0.29, 0.717) is 29.0 Å². The van der Waals surface area contributed by atoms with E-state index in [1.54, 1.807) is 24.1 Å². The molecule has 0 unspecified atom stereocenters. The van der Waals surface area contributed by atoms with Crippen molar-refractivity contribution >= 4 is 44.9 Å². The van der Waals surface area contributed by atoms with E-state index in [1.165, 1.54) is 6.07 Å². The third-order valence-electron chi connectivity index (χ3n) is 7.73. The monoisotopic (exact) mass is 614 g/mol. The first-order valence-corrected chi connectivity index (χ1v) is 14.7. The Kier molecular flexibility index (Phi) is 8.08. The molecule has 3 aromatic rings. The van der Waals surface area contributed by atoms with Gasteiger partial charge in [0.05, 0.1) is 23.7 Å². The smallest absolute Gasteiger partial charge is 0.410 e. The summed E-state index contributed by atoms with van der Waals surface area (Å²) in [5, 5.41) is 2.89. The summed E-state index contributed by atoms with van der Waals surface area (Å²) >= 11 is 3.30. The van der Waals surface area contributed by atoms with Crippen molar-refractivity contribution in [2.75, 3.05) is 25.5 Å². The van der Waals surface area contributed by atoms with Crippen molar-refractivity contribution in [2.24, 2.45) is 0 Å². The Bertz CT molecular complexity index is 1400. The molecule has 2 aliphatic rings. The van der Waals surface area contributed by atoms with Crippen LogP contribution in [0, 0.1) is 5.82 Å². The maximum Gasteiger partial charge on any atom is 0.410 e. The molecule has 1 saturated heterocycles. The number of ether oxygens (including phenoxy) is 2. The van der Waals surface area contributed by atoms with E-state index in [9.17, 15) is 14.0 Å². The van der Waals surface area contributed by atoms with Gasteiger partial charge in [-0.15, -0.1) is 0 Å². The lowest BCUT2D eigenvalue weighted by molar-refractivity contribution is 0.0204. The van der Waals surface area contributed by atoms with Crippen molar-refractivity contribution in [2.45, 2.75) is 76.9 Å². The second-order valence-corrected chi connectivity index (χ2v) is 12.5. The molecule has 0 spiro atoms. The van der Waals surface area contributed by atoms with E-state index in [-0.39, 0.29) is 23.6 Å². The van der Waals surface area contributed by atoms with Crippen LogP contribution in [0.2, 0.25) is 0 Å². The Balaban J connectivity index is 1.47. The van der Waals surface area contributed by atoms with Crippen molar-refractivity contribution in [3.63, 3.8) is 0 Å². The number of benzene rings is 2. The summed E-state index contributed by atoms with van der Waals surface area (Å²) in [6.07, 6.45) is 5.44. The lowest BCUT2D eigenvalue weighted by Gasteiger charge is -2.34. The molecule has 1 saturated carbocycles. The van der Waals surface area contributed by atoms with E-state index >= 15 is 0 Å². The zero-order valence-electron chi connectivity index (χ0n) is 23.4. The minimum Gasteiger partial charge on any atom is -0.496 e. The van der Waals surface area contributed by atoms with E-state index in [4.69, 9.17) is 14.5 Å².